The second-order valence-electron chi connectivity index (χ2n) is 6.22. The summed E-state index contributed by atoms with van der Waals surface area (Å²) in [6.07, 6.45) is 1.97. The number of likely N-dealkylation sites (N-methyl/N-ethyl adjacent to an activating group) is 1. The quantitative estimate of drug-likeness (QED) is 0.584. The summed E-state index contributed by atoms with van der Waals surface area (Å²) in [7, 11) is 5.93. The molecule has 0 bridgehead atoms. The fraction of sp³-hybridized carbons (Fsp3) is 0.294. The summed E-state index contributed by atoms with van der Waals surface area (Å²) in [4.78, 5) is 18.1. The van der Waals surface area contributed by atoms with Gasteiger partial charge >= 0.3 is 0 Å². The van der Waals surface area contributed by atoms with Crippen molar-refractivity contribution in [2.45, 2.75) is 0 Å². The van der Waals surface area contributed by atoms with Crippen molar-refractivity contribution >= 4 is 34.3 Å². The van der Waals surface area contributed by atoms with E-state index in [-0.39, 0.29) is 11.5 Å². The van der Waals surface area contributed by atoms with Gasteiger partial charge in [-0.05, 0) is 32.3 Å². The number of primary amides is 1. The van der Waals surface area contributed by atoms with Crippen LogP contribution in [0, 0.1) is 0 Å². The average molecular weight is 354 g/mol. The van der Waals surface area contributed by atoms with E-state index in [0.29, 0.717) is 12.5 Å². The summed E-state index contributed by atoms with van der Waals surface area (Å²) in [6.45, 7) is 1.46. The molecule has 3 aromatic rings. The summed E-state index contributed by atoms with van der Waals surface area (Å²) >= 11 is 0. The minimum Gasteiger partial charge on any atom is -0.364 e. The third-order valence-electron chi connectivity index (χ3n) is 3.94. The Labute approximate surface area is 151 Å². The molecule has 0 saturated carbocycles. The highest BCUT2D eigenvalue weighted by molar-refractivity contribution is 5.99. The Kier molecular flexibility index (Phi) is 4.99. The number of fused-ring (bicyclic) bond motifs is 1. The molecule has 3 rings (SSSR count). The molecule has 2 heterocycles. The highest BCUT2D eigenvalue weighted by Gasteiger charge is 2.16. The lowest BCUT2D eigenvalue weighted by atomic mass is 10.2. The van der Waals surface area contributed by atoms with Crippen LogP contribution in [0.3, 0.4) is 0 Å². The maximum absolute atomic E-state index is 11.7. The van der Waals surface area contributed by atoms with E-state index in [0.717, 1.165) is 23.1 Å². The van der Waals surface area contributed by atoms with E-state index in [9.17, 15) is 4.79 Å². The van der Waals surface area contributed by atoms with Gasteiger partial charge in [0.1, 0.15) is 0 Å². The van der Waals surface area contributed by atoms with Crippen LogP contribution < -0.4 is 16.4 Å². The maximum atomic E-state index is 11.7. The van der Waals surface area contributed by atoms with Crippen molar-refractivity contribution in [2.24, 2.45) is 12.8 Å². The van der Waals surface area contributed by atoms with E-state index in [4.69, 9.17) is 5.73 Å². The third-order valence-corrected chi connectivity index (χ3v) is 3.94. The lowest BCUT2D eigenvalue weighted by Crippen LogP contribution is -2.23. The first kappa shape index (κ1) is 17.6. The minimum absolute atomic E-state index is 0.00362. The molecule has 9 nitrogen and oxygen atoms in total. The summed E-state index contributed by atoms with van der Waals surface area (Å²) in [5.74, 6) is -0.0802. The van der Waals surface area contributed by atoms with E-state index in [1.807, 2.05) is 61.1 Å². The van der Waals surface area contributed by atoms with Gasteiger partial charge < -0.3 is 25.8 Å². The number of carbonyl (C=O) groups excluding carboxylic acids is 1. The number of anilines is 3. The Morgan fingerprint density at radius 3 is 2.81 bits per heavy atom. The van der Waals surface area contributed by atoms with Gasteiger partial charge in [-0.25, -0.2) is 0 Å². The van der Waals surface area contributed by atoms with Crippen LogP contribution in [0.2, 0.25) is 0 Å². The zero-order valence-electron chi connectivity index (χ0n) is 15.0. The molecule has 0 aliphatic heterocycles. The standard InChI is InChI=1S/C17H22N8O/c1-24(2)10-8-19-17-21-16(14(15(18)26)22-23-17)20-12-5-4-6-13-11(12)7-9-25(13)3/h4-7,9H,8,10H2,1-3H3,(H2,18,26)(H2,19,20,21,23). The minimum atomic E-state index is -0.687. The van der Waals surface area contributed by atoms with Gasteiger partial charge in [-0.3, -0.25) is 4.79 Å². The van der Waals surface area contributed by atoms with E-state index in [1.165, 1.54) is 0 Å². The predicted octanol–water partition coefficient (Wildman–Crippen LogP) is 1.18. The number of rotatable bonds is 7. The number of benzene rings is 1. The lowest BCUT2D eigenvalue weighted by molar-refractivity contribution is 0.0995. The number of nitrogens with zero attached hydrogens (tertiary/aromatic N) is 5. The van der Waals surface area contributed by atoms with Crippen molar-refractivity contribution < 1.29 is 4.79 Å². The fourth-order valence-electron chi connectivity index (χ4n) is 2.58. The molecule has 26 heavy (non-hydrogen) atoms. The molecule has 136 valence electrons. The van der Waals surface area contributed by atoms with Crippen LogP contribution in [-0.2, 0) is 7.05 Å². The Bertz CT molecular complexity index is 934. The number of aromatic nitrogens is 4. The van der Waals surface area contributed by atoms with Crippen molar-refractivity contribution in [1.82, 2.24) is 24.6 Å². The van der Waals surface area contributed by atoms with Crippen molar-refractivity contribution in [1.29, 1.82) is 0 Å². The molecule has 0 spiro atoms. The lowest BCUT2D eigenvalue weighted by Gasteiger charge is -2.13. The number of hydrogen-bond donors (Lipinski definition) is 3. The van der Waals surface area contributed by atoms with Crippen LogP contribution in [0.25, 0.3) is 10.9 Å². The normalized spacial score (nSPS) is 11.1. The van der Waals surface area contributed by atoms with Gasteiger partial charge in [0, 0.05) is 42.9 Å². The van der Waals surface area contributed by atoms with E-state index in [1.54, 1.807) is 0 Å². The van der Waals surface area contributed by atoms with Crippen molar-refractivity contribution in [3.63, 3.8) is 0 Å². The first-order valence-electron chi connectivity index (χ1n) is 8.20. The fourth-order valence-corrected chi connectivity index (χ4v) is 2.58. The smallest absolute Gasteiger partial charge is 0.273 e. The molecule has 0 fully saturated rings. The molecule has 0 aliphatic carbocycles. The molecule has 9 heteroatoms. The van der Waals surface area contributed by atoms with Gasteiger partial charge in [-0.2, -0.15) is 4.98 Å². The molecular formula is C17H22N8O. The Morgan fingerprint density at radius 2 is 2.08 bits per heavy atom. The number of aryl methyl sites for hydroxylation is 1. The molecule has 0 atom stereocenters. The SMILES string of the molecule is CN(C)CCNc1nnc(C(N)=O)c(Nc2cccc3c2ccn3C)n1. The number of amides is 1. The van der Waals surface area contributed by atoms with E-state index in [2.05, 4.69) is 25.8 Å². The number of carbonyl (C=O) groups is 1. The highest BCUT2D eigenvalue weighted by Crippen LogP contribution is 2.27. The molecule has 0 radical (unpaired) electrons. The van der Waals surface area contributed by atoms with Gasteiger partial charge in [0.25, 0.3) is 5.91 Å². The van der Waals surface area contributed by atoms with Crippen LogP contribution in [0.5, 0.6) is 0 Å². The molecule has 4 N–H and O–H groups in total. The average Bonchev–Trinajstić information content (AvgIpc) is 2.97. The van der Waals surface area contributed by atoms with E-state index < -0.39 is 5.91 Å². The largest absolute Gasteiger partial charge is 0.364 e. The molecule has 2 aromatic heterocycles. The Hall–Kier alpha value is -3.20. The van der Waals surface area contributed by atoms with Gasteiger partial charge in [0.15, 0.2) is 11.5 Å². The van der Waals surface area contributed by atoms with Crippen LogP contribution >= 0.6 is 0 Å². The zero-order chi connectivity index (χ0) is 18.7. The van der Waals surface area contributed by atoms with Crippen LogP contribution in [0.4, 0.5) is 17.5 Å². The highest BCUT2D eigenvalue weighted by atomic mass is 16.1. The zero-order valence-corrected chi connectivity index (χ0v) is 15.0. The summed E-state index contributed by atoms with van der Waals surface area (Å²) in [5, 5.41) is 15.1. The molecule has 0 saturated heterocycles. The molecule has 1 aromatic carbocycles. The van der Waals surface area contributed by atoms with Crippen molar-refractivity contribution in [3.8, 4) is 0 Å². The first-order valence-corrected chi connectivity index (χ1v) is 8.20. The van der Waals surface area contributed by atoms with Crippen LogP contribution in [0.15, 0.2) is 30.5 Å². The number of hydrogen-bond acceptors (Lipinski definition) is 7. The predicted molar refractivity (Wildman–Crippen MR) is 102 cm³/mol. The van der Waals surface area contributed by atoms with Gasteiger partial charge in [0.2, 0.25) is 5.95 Å². The molecule has 0 aliphatic rings. The molecule has 1 amide bonds. The Morgan fingerprint density at radius 1 is 1.27 bits per heavy atom. The van der Waals surface area contributed by atoms with Crippen LogP contribution in [0.1, 0.15) is 10.5 Å². The second-order valence-corrected chi connectivity index (χ2v) is 6.22. The topological polar surface area (TPSA) is 114 Å². The van der Waals surface area contributed by atoms with Crippen LogP contribution in [-0.4, -0.2) is 57.7 Å². The summed E-state index contributed by atoms with van der Waals surface area (Å²) in [6, 6.07) is 7.85. The molecule has 0 unspecified atom stereocenters. The molecular weight excluding hydrogens is 332 g/mol. The van der Waals surface area contributed by atoms with Gasteiger partial charge in [-0.1, -0.05) is 6.07 Å². The van der Waals surface area contributed by atoms with Gasteiger partial charge in [-0.15, -0.1) is 10.2 Å². The summed E-state index contributed by atoms with van der Waals surface area (Å²) < 4.78 is 2.02. The Balaban J connectivity index is 1.92. The van der Waals surface area contributed by atoms with E-state index >= 15 is 0 Å². The first-order chi connectivity index (χ1) is 12.5. The monoisotopic (exact) mass is 354 g/mol. The third kappa shape index (κ3) is 3.72. The van der Waals surface area contributed by atoms with Crippen molar-refractivity contribution in [3.05, 3.63) is 36.2 Å². The van der Waals surface area contributed by atoms with Gasteiger partial charge in [0.05, 0.1) is 0 Å². The summed E-state index contributed by atoms with van der Waals surface area (Å²) in [5.41, 5.74) is 7.29. The van der Waals surface area contributed by atoms with Crippen molar-refractivity contribution in [2.75, 3.05) is 37.8 Å². The number of nitrogens with two attached hydrogens (primary N) is 1. The number of nitrogens with one attached hydrogen (secondary N) is 2. The second kappa shape index (κ2) is 7.36. The maximum Gasteiger partial charge on any atom is 0.273 e.